The first kappa shape index (κ1) is 21.0. The van der Waals surface area contributed by atoms with Crippen molar-refractivity contribution in [3.63, 3.8) is 0 Å². The number of thiophene rings is 1. The zero-order valence-electron chi connectivity index (χ0n) is 16.7. The first-order chi connectivity index (χ1) is 13.0. The summed E-state index contributed by atoms with van der Waals surface area (Å²) in [6, 6.07) is 12.1. The molecule has 5 nitrogen and oxygen atoms in total. The molecule has 146 valence electrons. The molecule has 1 aromatic carbocycles. The van der Waals surface area contributed by atoms with Crippen LogP contribution in [-0.4, -0.2) is 62.4 Å². The fourth-order valence-corrected chi connectivity index (χ4v) is 3.42. The number of nitrogens with zero attached hydrogens (tertiary/aromatic N) is 3. The van der Waals surface area contributed by atoms with Crippen molar-refractivity contribution in [3.8, 4) is 0 Å². The average molecular weight is 387 g/mol. The lowest BCUT2D eigenvalue weighted by molar-refractivity contribution is 0.0827. The molecule has 0 unspecified atom stereocenters. The number of carbonyl (C=O) groups is 1. The minimum absolute atomic E-state index is 0.0296. The normalized spacial score (nSPS) is 11.3. The van der Waals surface area contributed by atoms with Gasteiger partial charge >= 0.3 is 0 Å². The number of benzene rings is 1. The van der Waals surface area contributed by atoms with Crippen LogP contribution in [0.5, 0.6) is 0 Å². The lowest BCUT2D eigenvalue weighted by Gasteiger charge is -2.21. The molecule has 6 heteroatoms. The molecular weight excluding hydrogens is 356 g/mol. The van der Waals surface area contributed by atoms with E-state index in [1.807, 2.05) is 18.2 Å². The van der Waals surface area contributed by atoms with Gasteiger partial charge in [0.1, 0.15) is 0 Å². The molecule has 1 amide bonds. The molecule has 0 saturated heterocycles. The van der Waals surface area contributed by atoms with Crippen molar-refractivity contribution < 1.29 is 4.79 Å². The maximum absolute atomic E-state index is 12.1. The first-order valence-electron chi connectivity index (χ1n) is 9.33. The Bertz CT molecular complexity index is 740. The van der Waals surface area contributed by atoms with E-state index < -0.39 is 0 Å². The molecule has 27 heavy (non-hydrogen) atoms. The summed E-state index contributed by atoms with van der Waals surface area (Å²) in [4.78, 5) is 22.0. The zero-order valence-corrected chi connectivity index (χ0v) is 17.6. The van der Waals surface area contributed by atoms with E-state index in [0.29, 0.717) is 6.54 Å². The van der Waals surface area contributed by atoms with Gasteiger partial charge in [-0.05, 0) is 48.9 Å². The van der Waals surface area contributed by atoms with Crippen LogP contribution < -0.4 is 5.32 Å². The second-order valence-electron chi connectivity index (χ2n) is 6.64. The molecule has 0 spiro atoms. The van der Waals surface area contributed by atoms with E-state index >= 15 is 0 Å². The van der Waals surface area contributed by atoms with Crippen LogP contribution in [0.15, 0.2) is 46.8 Å². The van der Waals surface area contributed by atoms with Crippen LogP contribution in [0.4, 0.5) is 0 Å². The first-order valence-corrected chi connectivity index (χ1v) is 10.2. The summed E-state index contributed by atoms with van der Waals surface area (Å²) >= 11 is 1.79. The molecule has 1 heterocycles. The van der Waals surface area contributed by atoms with Gasteiger partial charge in [0, 0.05) is 51.2 Å². The highest BCUT2D eigenvalue weighted by molar-refractivity contribution is 7.09. The summed E-state index contributed by atoms with van der Waals surface area (Å²) < 4.78 is 0. The number of nitrogens with one attached hydrogen (secondary N) is 1. The fourth-order valence-electron chi connectivity index (χ4n) is 2.72. The SMILES string of the molecule is CCNC(=NCCc1cccc(C(=O)N(C)C)c1)N(C)CCc1cccs1. The number of aliphatic imine (C=N–C) groups is 1. The van der Waals surface area contributed by atoms with Gasteiger partial charge in [-0.3, -0.25) is 9.79 Å². The van der Waals surface area contributed by atoms with E-state index in [2.05, 4.69) is 47.8 Å². The van der Waals surface area contributed by atoms with Crippen molar-refractivity contribution in [2.24, 2.45) is 4.99 Å². The molecule has 2 aromatic rings. The van der Waals surface area contributed by atoms with Crippen molar-refractivity contribution in [2.45, 2.75) is 19.8 Å². The molecule has 0 aliphatic carbocycles. The third-order valence-electron chi connectivity index (χ3n) is 4.21. The van der Waals surface area contributed by atoms with E-state index in [0.717, 1.165) is 43.0 Å². The summed E-state index contributed by atoms with van der Waals surface area (Å²) in [6.45, 7) is 4.54. The quantitative estimate of drug-likeness (QED) is 0.560. The minimum atomic E-state index is 0.0296. The minimum Gasteiger partial charge on any atom is -0.357 e. The van der Waals surface area contributed by atoms with Crippen molar-refractivity contribution in [3.05, 3.63) is 57.8 Å². The van der Waals surface area contributed by atoms with Crippen LogP contribution >= 0.6 is 11.3 Å². The van der Waals surface area contributed by atoms with Crippen molar-refractivity contribution >= 4 is 23.2 Å². The molecule has 0 radical (unpaired) electrons. The van der Waals surface area contributed by atoms with Gasteiger partial charge in [-0.1, -0.05) is 18.2 Å². The van der Waals surface area contributed by atoms with Gasteiger partial charge in [-0.2, -0.15) is 0 Å². The zero-order chi connectivity index (χ0) is 19.6. The predicted octanol–water partition coefficient (Wildman–Crippen LogP) is 3.13. The van der Waals surface area contributed by atoms with Gasteiger partial charge in [0.05, 0.1) is 0 Å². The van der Waals surface area contributed by atoms with Gasteiger partial charge in [-0.25, -0.2) is 0 Å². The van der Waals surface area contributed by atoms with E-state index in [1.54, 1.807) is 30.3 Å². The van der Waals surface area contributed by atoms with Gasteiger partial charge in [0.15, 0.2) is 5.96 Å². The maximum Gasteiger partial charge on any atom is 0.253 e. The average Bonchev–Trinajstić information content (AvgIpc) is 3.18. The molecule has 0 atom stereocenters. The number of hydrogen-bond donors (Lipinski definition) is 1. The van der Waals surface area contributed by atoms with Crippen molar-refractivity contribution in [2.75, 3.05) is 40.8 Å². The van der Waals surface area contributed by atoms with E-state index in [1.165, 1.54) is 4.88 Å². The third kappa shape index (κ3) is 6.71. The van der Waals surface area contributed by atoms with Gasteiger partial charge in [0.25, 0.3) is 5.91 Å². The highest BCUT2D eigenvalue weighted by atomic mass is 32.1. The third-order valence-corrected chi connectivity index (χ3v) is 5.15. The predicted molar refractivity (Wildman–Crippen MR) is 115 cm³/mol. The Hall–Kier alpha value is -2.34. The molecule has 0 bridgehead atoms. The molecule has 2 rings (SSSR count). The Balaban J connectivity index is 1.94. The summed E-state index contributed by atoms with van der Waals surface area (Å²) in [5.74, 6) is 0.955. The summed E-state index contributed by atoms with van der Waals surface area (Å²) in [7, 11) is 5.62. The Labute approximate surface area is 166 Å². The summed E-state index contributed by atoms with van der Waals surface area (Å²) in [5.41, 5.74) is 1.85. The highest BCUT2D eigenvalue weighted by Crippen LogP contribution is 2.10. The van der Waals surface area contributed by atoms with Gasteiger partial charge < -0.3 is 15.1 Å². The van der Waals surface area contributed by atoms with E-state index in [-0.39, 0.29) is 5.91 Å². The van der Waals surface area contributed by atoms with Crippen LogP contribution in [0, 0.1) is 0 Å². The highest BCUT2D eigenvalue weighted by Gasteiger charge is 2.09. The molecular formula is C21H30N4OS. The number of rotatable bonds is 8. The number of likely N-dealkylation sites (N-methyl/N-ethyl adjacent to an activating group) is 1. The van der Waals surface area contributed by atoms with Crippen LogP contribution in [0.3, 0.4) is 0 Å². The van der Waals surface area contributed by atoms with Crippen LogP contribution in [0.1, 0.15) is 27.7 Å². The second-order valence-corrected chi connectivity index (χ2v) is 7.67. The largest absolute Gasteiger partial charge is 0.357 e. The Kier molecular flexibility index (Phi) is 8.33. The Morgan fingerprint density at radius 2 is 1.96 bits per heavy atom. The van der Waals surface area contributed by atoms with Crippen LogP contribution in [0.25, 0.3) is 0 Å². The monoisotopic (exact) mass is 386 g/mol. The molecule has 0 fully saturated rings. The number of amides is 1. The van der Waals surface area contributed by atoms with E-state index in [9.17, 15) is 4.79 Å². The fraction of sp³-hybridized carbons (Fsp3) is 0.429. The van der Waals surface area contributed by atoms with Crippen LogP contribution in [0.2, 0.25) is 0 Å². The van der Waals surface area contributed by atoms with Gasteiger partial charge in [0.2, 0.25) is 0 Å². The van der Waals surface area contributed by atoms with Crippen LogP contribution in [-0.2, 0) is 12.8 Å². The number of carbonyl (C=O) groups excluding carboxylic acids is 1. The van der Waals surface area contributed by atoms with E-state index in [4.69, 9.17) is 4.99 Å². The lowest BCUT2D eigenvalue weighted by Crippen LogP contribution is -2.40. The molecule has 0 saturated carbocycles. The molecule has 0 aliphatic rings. The number of hydrogen-bond acceptors (Lipinski definition) is 3. The molecule has 1 N–H and O–H groups in total. The maximum atomic E-state index is 12.1. The summed E-state index contributed by atoms with van der Waals surface area (Å²) in [6.07, 6.45) is 1.83. The number of guanidine groups is 1. The summed E-state index contributed by atoms with van der Waals surface area (Å²) in [5, 5.41) is 5.48. The standard InChI is InChI=1S/C21H30N4OS/c1-5-22-21(25(4)14-12-19-10-7-15-27-19)23-13-11-17-8-6-9-18(16-17)20(26)24(2)3/h6-10,15-16H,5,11-14H2,1-4H3,(H,22,23). The second kappa shape index (κ2) is 10.7. The Morgan fingerprint density at radius 3 is 2.63 bits per heavy atom. The topological polar surface area (TPSA) is 47.9 Å². The molecule has 0 aliphatic heterocycles. The molecule has 1 aromatic heterocycles. The Morgan fingerprint density at radius 1 is 1.15 bits per heavy atom. The lowest BCUT2D eigenvalue weighted by atomic mass is 10.1. The smallest absolute Gasteiger partial charge is 0.253 e. The van der Waals surface area contributed by atoms with Gasteiger partial charge in [-0.15, -0.1) is 11.3 Å². The van der Waals surface area contributed by atoms with Crippen molar-refractivity contribution in [1.82, 2.24) is 15.1 Å². The van der Waals surface area contributed by atoms with Crippen molar-refractivity contribution in [1.29, 1.82) is 0 Å².